The van der Waals surface area contributed by atoms with Gasteiger partial charge in [-0.05, 0) is 64.9 Å². The van der Waals surface area contributed by atoms with Gasteiger partial charge in [0.15, 0.2) is 17.5 Å². The molecule has 0 bridgehead atoms. The Morgan fingerprint density at radius 1 is 1.00 bits per heavy atom. The van der Waals surface area contributed by atoms with E-state index in [-0.39, 0.29) is 23.4 Å². The van der Waals surface area contributed by atoms with Crippen molar-refractivity contribution in [1.82, 2.24) is 10.2 Å². The van der Waals surface area contributed by atoms with Gasteiger partial charge in [0.05, 0.1) is 5.69 Å². The van der Waals surface area contributed by atoms with Crippen molar-refractivity contribution in [2.24, 2.45) is 11.8 Å². The number of hydrogen-bond donors (Lipinski definition) is 2. The maximum absolute atomic E-state index is 13.7. The Morgan fingerprint density at radius 2 is 1.59 bits per heavy atom. The largest absolute Gasteiger partial charge is 0.356 e. The van der Waals surface area contributed by atoms with Gasteiger partial charge >= 0.3 is 0 Å². The zero-order valence-electron chi connectivity index (χ0n) is 15.7. The van der Waals surface area contributed by atoms with Gasteiger partial charge < -0.3 is 15.5 Å². The van der Waals surface area contributed by atoms with E-state index < -0.39 is 23.4 Å². The SMILES string of the molecule is CN(C)CCCNC(=O)C1CCC(C(=O)Nc2ccc(F)c(F)c2F)CC1. The summed E-state index contributed by atoms with van der Waals surface area (Å²) in [6.07, 6.45) is 2.99. The fourth-order valence-electron chi connectivity index (χ4n) is 3.23. The van der Waals surface area contributed by atoms with Crippen molar-refractivity contribution in [2.75, 3.05) is 32.5 Å². The van der Waals surface area contributed by atoms with E-state index in [2.05, 4.69) is 10.6 Å². The zero-order valence-corrected chi connectivity index (χ0v) is 15.7. The van der Waals surface area contributed by atoms with Crippen LogP contribution in [0.3, 0.4) is 0 Å². The Hall–Kier alpha value is -2.09. The molecule has 0 aliphatic heterocycles. The van der Waals surface area contributed by atoms with Gasteiger partial charge in [-0.3, -0.25) is 9.59 Å². The summed E-state index contributed by atoms with van der Waals surface area (Å²) in [5.41, 5.74) is -0.375. The average molecular weight is 385 g/mol. The summed E-state index contributed by atoms with van der Waals surface area (Å²) < 4.78 is 39.9. The molecule has 0 radical (unpaired) electrons. The number of nitrogens with zero attached hydrogens (tertiary/aromatic N) is 1. The first-order valence-corrected chi connectivity index (χ1v) is 9.16. The Labute approximate surface area is 157 Å². The molecule has 0 aromatic heterocycles. The van der Waals surface area contributed by atoms with E-state index in [4.69, 9.17) is 0 Å². The van der Waals surface area contributed by atoms with E-state index in [1.165, 1.54) is 0 Å². The Bertz CT molecular complexity index is 674. The normalized spacial score (nSPS) is 19.8. The van der Waals surface area contributed by atoms with E-state index >= 15 is 0 Å². The quantitative estimate of drug-likeness (QED) is 0.560. The molecule has 1 aliphatic carbocycles. The van der Waals surface area contributed by atoms with E-state index in [0.29, 0.717) is 32.2 Å². The minimum Gasteiger partial charge on any atom is -0.356 e. The van der Waals surface area contributed by atoms with Crippen LogP contribution in [0.5, 0.6) is 0 Å². The molecule has 0 atom stereocenters. The van der Waals surface area contributed by atoms with Gasteiger partial charge in [-0.2, -0.15) is 0 Å². The first-order valence-electron chi connectivity index (χ1n) is 9.16. The number of amides is 2. The molecule has 1 aliphatic rings. The second kappa shape index (κ2) is 9.73. The fraction of sp³-hybridized carbons (Fsp3) is 0.579. The molecule has 27 heavy (non-hydrogen) atoms. The number of halogens is 3. The van der Waals surface area contributed by atoms with Gasteiger partial charge in [0.2, 0.25) is 11.8 Å². The number of rotatable bonds is 7. The van der Waals surface area contributed by atoms with Gasteiger partial charge in [0.25, 0.3) is 0 Å². The maximum atomic E-state index is 13.7. The highest BCUT2D eigenvalue weighted by Gasteiger charge is 2.30. The lowest BCUT2D eigenvalue weighted by Gasteiger charge is -2.27. The summed E-state index contributed by atoms with van der Waals surface area (Å²) in [6.45, 7) is 1.51. The zero-order chi connectivity index (χ0) is 20.0. The number of carbonyl (C=O) groups excluding carboxylic acids is 2. The van der Waals surface area contributed by atoms with Gasteiger partial charge in [-0.25, -0.2) is 13.2 Å². The average Bonchev–Trinajstić information content (AvgIpc) is 2.65. The molecular formula is C19H26F3N3O2. The third-order valence-electron chi connectivity index (χ3n) is 4.84. The van der Waals surface area contributed by atoms with E-state index in [1.54, 1.807) is 0 Å². The molecule has 150 valence electrons. The summed E-state index contributed by atoms with van der Waals surface area (Å²) in [7, 11) is 3.95. The van der Waals surface area contributed by atoms with Crippen LogP contribution < -0.4 is 10.6 Å². The van der Waals surface area contributed by atoms with Crippen LogP contribution in [-0.4, -0.2) is 43.9 Å². The van der Waals surface area contributed by atoms with Crippen molar-refractivity contribution >= 4 is 17.5 Å². The third kappa shape index (κ3) is 5.95. The smallest absolute Gasteiger partial charge is 0.227 e. The molecule has 2 amide bonds. The molecule has 8 heteroatoms. The summed E-state index contributed by atoms with van der Waals surface area (Å²) in [6, 6.07) is 1.77. The predicted molar refractivity (Wildman–Crippen MR) is 96.6 cm³/mol. The van der Waals surface area contributed by atoms with Crippen molar-refractivity contribution in [3.63, 3.8) is 0 Å². The fourth-order valence-corrected chi connectivity index (χ4v) is 3.23. The third-order valence-corrected chi connectivity index (χ3v) is 4.84. The van der Waals surface area contributed by atoms with Crippen molar-refractivity contribution in [3.8, 4) is 0 Å². The number of carbonyl (C=O) groups is 2. The molecular weight excluding hydrogens is 359 g/mol. The number of nitrogens with one attached hydrogen (secondary N) is 2. The van der Waals surface area contributed by atoms with Crippen LogP contribution in [0.2, 0.25) is 0 Å². The lowest BCUT2D eigenvalue weighted by molar-refractivity contribution is -0.128. The molecule has 1 aromatic rings. The van der Waals surface area contributed by atoms with Crippen molar-refractivity contribution in [3.05, 3.63) is 29.6 Å². The molecule has 0 unspecified atom stereocenters. The molecule has 1 saturated carbocycles. The molecule has 5 nitrogen and oxygen atoms in total. The van der Waals surface area contributed by atoms with Crippen molar-refractivity contribution in [2.45, 2.75) is 32.1 Å². The van der Waals surface area contributed by atoms with E-state index in [0.717, 1.165) is 25.1 Å². The van der Waals surface area contributed by atoms with Crippen molar-refractivity contribution in [1.29, 1.82) is 0 Å². The molecule has 0 heterocycles. The van der Waals surface area contributed by atoms with E-state index in [9.17, 15) is 22.8 Å². The topological polar surface area (TPSA) is 61.4 Å². The second-order valence-corrected chi connectivity index (χ2v) is 7.21. The van der Waals surface area contributed by atoms with Crippen LogP contribution in [-0.2, 0) is 9.59 Å². The summed E-state index contributed by atoms with van der Waals surface area (Å²) in [4.78, 5) is 26.5. The summed E-state index contributed by atoms with van der Waals surface area (Å²) in [5, 5.41) is 5.24. The minimum absolute atomic E-state index is 0.000681. The summed E-state index contributed by atoms with van der Waals surface area (Å²) >= 11 is 0. The summed E-state index contributed by atoms with van der Waals surface area (Å²) in [5.74, 6) is -5.27. The highest BCUT2D eigenvalue weighted by Crippen LogP contribution is 2.30. The predicted octanol–water partition coefficient (Wildman–Crippen LogP) is 2.92. The van der Waals surface area contributed by atoms with E-state index in [1.807, 2.05) is 19.0 Å². The highest BCUT2D eigenvalue weighted by molar-refractivity contribution is 5.93. The van der Waals surface area contributed by atoms with Gasteiger partial charge in [-0.15, -0.1) is 0 Å². The standard InChI is InChI=1S/C19H26F3N3O2/c1-25(2)11-3-10-23-18(26)12-4-6-13(7-5-12)19(27)24-15-9-8-14(20)16(21)17(15)22/h8-9,12-13H,3-7,10-11H2,1-2H3,(H,23,26)(H,24,27). The first-order chi connectivity index (χ1) is 12.8. The van der Waals surface area contributed by atoms with Gasteiger partial charge in [0.1, 0.15) is 0 Å². The molecule has 2 N–H and O–H groups in total. The monoisotopic (exact) mass is 385 g/mol. The highest BCUT2D eigenvalue weighted by atomic mass is 19.2. The van der Waals surface area contributed by atoms with Gasteiger partial charge in [0, 0.05) is 18.4 Å². The van der Waals surface area contributed by atoms with Crippen LogP contribution in [0.4, 0.5) is 18.9 Å². The van der Waals surface area contributed by atoms with Crippen molar-refractivity contribution < 1.29 is 22.8 Å². The lowest BCUT2D eigenvalue weighted by Crippen LogP contribution is -2.36. The van der Waals surface area contributed by atoms with Crippen LogP contribution in [0.1, 0.15) is 32.1 Å². The second-order valence-electron chi connectivity index (χ2n) is 7.21. The molecule has 2 rings (SSSR count). The van der Waals surface area contributed by atoms with Gasteiger partial charge in [-0.1, -0.05) is 0 Å². The maximum Gasteiger partial charge on any atom is 0.227 e. The minimum atomic E-state index is -1.61. The van der Waals surface area contributed by atoms with Crippen LogP contribution in [0, 0.1) is 29.3 Å². The van der Waals surface area contributed by atoms with Crippen LogP contribution >= 0.6 is 0 Å². The molecule has 1 aromatic carbocycles. The Morgan fingerprint density at radius 3 is 2.19 bits per heavy atom. The number of hydrogen-bond acceptors (Lipinski definition) is 3. The first kappa shape index (κ1) is 21.2. The van der Waals surface area contributed by atoms with Crippen LogP contribution in [0.25, 0.3) is 0 Å². The number of anilines is 1. The molecule has 0 spiro atoms. The number of benzene rings is 1. The molecule has 1 fully saturated rings. The lowest BCUT2D eigenvalue weighted by atomic mass is 9.81. The molecule has 0 saturated heterocycles. The van der Waals surface area contributed by atoms with Crippen LogP contribution in [0.15, 0.2) is 12.1 Å². The Balaban J connectivity index is 1.79. The Kier molecular flexibility index (Phi) is 7.65.